The van der Waals surface area contributed by atoms with Gasteiger partial charge in [0, 0.05) is 47.5 Å². The van der Waals surface area contributed by atoms with Crippen LogP contribution in [0.3, 0.4) is 0 Å². The Hall–Kier alpha value is -1.96. The molecule has 1 aliphatic heterocycles. The predicted octanol–water partition coefficient (Wildman–Crippen LogP) is 1.94. The van der Waals surface area contributed by atoms with E-state index >= 15 is 0 Å². The van der Waals surface area contributed by atoms with Crippen molar-refractivity contribution in [3.63, 3.8) is 0 Å². The van der Waals surface area contributed by atoms with Crippen molar-refractivity contribution in [2.24, 2.45) is 0 Å². The van der Waals surface area contributed by atoms with E-state index in [0.29, 0.717) is 31.7 Å². The van der Waals surface area contributed by atoms with Gasteiger partial charge in [0.05, 0.1) is 15.2 Å². The van der Waals surface area contributed by atoms with Crippen molar-refractivity contribution in [1.82, 2.24) is 4.90 Å². The molecule has 1 atom stereocenters. The molecule has 1 fully saturated rings. The highest BCUT2D eigenvalue weighted by atomic mass is 32.2. The molecule has 1 aliphatic rings. The number of hydrogen-bond acceptors (Lipinski definition) is 5. The Labute approximate surface area is 137 Å². The molecule has 1 saturated heterocycles. The molecule has 2 rings (SSSR count). The lowest BCUT2D eigenvalue weighted by molar-refractivity contribution is -0.384. The van der Waals surface area contributed by atoms with Gasteiger partial charge in [-0.2, -0.15) is 0 Å². The summed E-state index contributed by atoms with van der Waals surface area (Å²) in [4.78, 5) is 24.7. The highest BCUT2D eigenvalue weighted by Crippen LogP contribution is 2.30. The van der Waals surface area contributed by atoms with Crippen LogP contribution < -0.4 is 5.73 Å². The number of benzene rings is 1. The first-order valence-corrected chi connectivity index (χ1v) is 8.88. The SMILES string of the molecule is CCC1(CC)CN(C(=O)c2cc([N+](=O)[O-])ccc2N)CC[S@@]1=O. The van der Waals surface area contributed by atoms with E-state index in [-0.39, 0.29) is 22.8 Å². The Morgan fingerprint density at radius 1 is 1.43 bits per heavy atom. The third-order valence-corrected chi connectivity index (χ3v) is 6.79. The number of nitrogens with zero attached hydrogens (tertiary/aromatic N) is 2. The number of anilines is 1. The molecule has 0 saturated carbocycles. The van der Waals surface area contributed by atoms with E-state index in [4.69, 9.17) is 5.73 Å². The highest BCUT2D eigenvalue weighted by Gasteiger charge is 2.40. The molecule has 0 bridgehead atoms. The van der Waals surface area contributed by atoms with Crippen LogP contribution in [-0.4, -0.2) is 43.5 Å². The van der Waals surface area contributed by atoms with Crippen LogP contribution in [0.4, 0.5) is 11.4 Å². The fraction of sp³-hybridized carbons (Fsp3) is 0.533. The number of nitro groups is 1. The van der Waals surface area contributed by atoms with E-state index in [9.17, 15) is 19.1 Å². The minimum atomic E-state index is -0.981. The molecule has 0 unspecified atom stereocenters. The second kappa shape index (κ2) is 6.66. The summed E-state index contributed by atoms with van der Waals surface area (Å²) in [5, 5.41) is 10.9. The summed E-state index contributed by atoms with van der Waals surface area (Å²) in [6.07, 6.45) is 1.43. The quantitative estimate of drug-likeness (QED) is 0.512. The number of amides is 1. The normalized spacial score (nSPS) is 20.3. The van der Waals surface area contributed by atoms with Gasteiger partial charge in [-0.1, -0.05) is 13.8 Å². The number of carbonyl (C=O) groups is 1. The van der Waals surface area contributed by atoms with Crippen molar-refractivity contribution in [2.75, 3.05) is 24.6 Å². The largest absolute Gasteiger partial charge is 0.398 e. The fourth-order valence-electron chi connectivity index (χ4n) is 2.89. The van der Waals surface area contributed by atoms with Gasteiger partial charge in [0.2, 0.25) is 0 Å². The van der Waals surface area contributed by atoms with Crippen LogP contribution in [0, 0.1) is 10.1 Å². The Bertz CT molecular complexity index is 658. The lowest BCUT2D eigenvalue weighted by atomic mass is 10.0. The fourth-order valence-corrected chi connectivity index (χ4v) is 4.65. The summed E-state index contributed by atoms with van der Waals surface area (Å²) in [5.41, 5.74) is 6.01. The topological polar surface area (TPSA) is 107 Å². The average molecular weight is 339 g/mol. The number of nitrogen functional groups attached to an aromatic ring is 1. The summed E-state index contributed by atoms with van der Waals surface area (Å²) in [6, 6.07) is 3.86. The van der Waals surface area contributed by atoms with Gasteiger partial charge in [-0.05, 0) is 18.9 Å². The summed E-state index contributed by atoms with van der Waals surface area (Å²) < 4.78 is 11.9. The van der Waals surface area contributed by atoms with Gasteiger partial charge in [0.25, 0.3) is 11.6 Å². The molecule has 2 N–H and O–H groups in total. The van der Waals surface area contributed by atoms with Crippen molar-refractivity contribution >= 4 is 28.1 Å². The highest BCUT2D eigenvalue weighted by molar-refractivity contribution is 7.86. The van der Waals surface area contributed by atoms with Crippen LogP contribution in [0.5, 0.6) is 0 Å². The zero-order valence-corrected chi connectivity index (χ0v) is 14.1. The van der Waals surface area contributed by atoms with Crippen LogP contribution in [0.2, 0.25) is 0 Å². The molecule has 126 valence electrons. The smallest absolute Gasteiger partial charge is 0.270 e. The minimum absolute atomic E-state index is 0.132. The number of nitrogens with two attached hydrogens (primary N) is 1. The maximum Gasteiger partial charge on any atom is 0.270 e. The summed E-state index contributed by atoms with van der Waals surface area (Å²) in [7, 11) is -0.981. The molecule has 8 heteroatoms. The van der Waals surface area contributed by atoms with Crippen LogP contribution in [0.1, 0.15) is 37.0 Å². The second-order valence-corrected chi connectivity index (χ2v) is 7.66. The zero-order chi connectivity index (χ0) is 17.2. The molecule has 0 radical (unpaired) electrons. The van der Waals surface area contributed by atoms with Crippen LogP contribution in [-0.2, 0) is 10.8 Å². The van der Waals surface area contributed by atoms with Crippen molar-refractivity contribution in [3.8, 4) is 0 Å². The van der Waals surface area contributed by atoms with Crippen molar-refractivity contribution < 1.29 is 13.9 Å². The van der Waals surface area contributed by atoms with Crippen LogP contribution >= 0.6 is 0 Å². The lowest BCUT2D eigenvalue weighted by Crippen LogP contribution is -2.54. The van der Waals surface area contributed by atoms with Crippen molar-refractivity contribution in [2.45, 2.75) is 31.4 Å². The van der Waals surface area contributed by atoms with Gasteiger partial charge >= 0.3 is 0 Å². The molecular weight excluding hydrogens is 318 g/mol. The van der Waals surface area contributed by atoms with Gasteiger partial charge < -0.3 is 10.6 Å². The summed E-state index contributed by atoms with van der Waals surface area (Å²) in [6.45, 7) is 4.69. The number of carbonyl (C=O) groups excluding carboxylic acids is 1. The van der Waals surface area contributed by atoms with E-state index in [0.717, 1.165) is 0 Å². The van der Waals surface area contributed by atoms with Gasteiger partial charge in [-0.15, -0.1) is 0 Å². The molecule has 0 aromatic heterocycles. The number of rotatable bonds is 4. The monoisotopic (exact) mass is 339 g/mol. The van der Waals surface area contributed by atoms with E-state index in [1.165, 1.54) is 18.2 Å². The molecule has 1 aromatic carbocycles. The molecule has 1 heterocycles. The molecule has 0 spiro atoms. The number of nitro benzene ring substituents is 1. The molecule has 0 aliphatic carbocycles. The maximum atomic E-state index is 12.7. The molecule has 1 aromatic rings. The predicted molar refractivity (Wildman–Crippen MR) is 89.7 cm³/mol. The van der Waals surface area contributed by atoms with E-state index in [1.54, 1.807) is 4.90 Å². The Morgan fingerprint density at radius 3 is 2.65 bits per heavy atom. The van der Waals surface area contributed by atoms with Gasteiger partial charge in [-0.25, -0.2) is 0 Å². The first-order chi connectivity index (χ1) is 10.8. The third-order valence-electron chi connectivity index (χ3n) is 4.56. The van der Waals surface area contributed by atoms with Crippen molar-refractivity contribution in [3.05, 3.63) is 33.9 Å². The van der Waals surface area contributed by atoms with Gasteiger partial charge in [0.15, 0.2) is 0 Å². The Morgan fingerprint density at radius 2 is 2.09 bits per heavy atom. The minimum Gasteiger partial charge on any atom is -0.398 e. The number of non-ortho nitro benzene ring substituents is 1. The van der Waals surface area contributed by atoms with E-state index in [1.807, 2.05) is 13.8 Å². The van der Waals surface area contributed by atoms with E-state index in [2.05, 4.69) is 0 Å². The second-order valence-electron chi connectivity index (χ2n) is 5.70. The first-order valence-electron chi connectivity index (χ1n) is 7.56. The molecule has 7 nitrogen and oxygen atoms in total. The van der Waals surface area contributed by atoms with E-state index < -0.39 is 20.5 Å². The Balaban J connectivity index is 2.32. The Kier molecular flexibility index (Phi) is 5.03. The molecule has 23 heavy (non-hydrogen) atoms. The lowest BCUT2D eigenvalue weighted by Gasteiger charge is -2.41. The van der Waals surface area contributed by atoms with Crippen LogP contribution in [0.25, 0.3) is 0 Å². The van der Waals surface area contributed by atoms with Gasteiger partial charge in [0.1, 0.15) is 0 Å². The molecular formula is C15H21N3O4S. The third kappa shape index (κ3) is 3.21. The summed E-state index contributed by atoms with van der Waals surface area (Å²) >= 11 is 0. The molecule has 1 amide bonds. The zero-order valence-electron chi connectivity index (χ0n) is 13.3. The van der Waals surface area contributed by atoms with Crippen LogP contribution in [0.15, 0.2) is 18.2 Å². The first kappa shape index (κ1) is 17.4. The summed E-state index contributed by atoms with van der Waals surface area (Å²) in [5.74, 6) is 0.0802. The van der Waals surface area contributed by atoms with Crippen molar-refractivity contribution in [1.29, 1.82) is 0 Å². The van der Waals surface area contributed by atoms with Gasteiger partial charge in [-0.3, -0.25) is 19.1 Å². The average Bonchev–Trinajstić information content (AvgIpc) is 2.55. The standard InChI is InChI=1S/C15H21N3O4S/c1-3-15(4-2)10-17(7-8-23(15)22)14(19)12-9-11(18(20)21)5-6-13(12)16/h5-6,9H,3-4,7-8,10,16H2,1-2H3/t23-/m0/s1. The number of hydrogen-bond donors (Lipinski definition) is 1. The maximum absolute atomic E-state index is 12.7.